The van der Waals surface area contributed by atoms with Crippen LogP contribution in [0, 0.1) is 5.92 Å². The first-order valence-corrected chi connectivity index (χ1v) is 7.32. The molecule has 1 aliphatic heterocycles. The number of nitrogens with zero attached hydrogens (tertiary/aromatic N) is 1. The summed E-state index contributed by atoms with van der Waals surface area (Å²) in [7, 11) is 0. The standard InChI is InChI=1S/C14H17BrN2O3/c15-10-1-2-11(14(16)20)12(8-10)17-5-3-9(4-6-17)7-13(18)19/h1-2,8-9H,3-7H2,(H2,16,20)(H,18,19). The Morgan fingerprint density at radius 2 is 2.00 bits per heavy atom. The maximum absolute atomic E-state index is 11.5. The summed E-state index contributed by atoms with van der Waals surface area (Å²) in [4.78, 5) is 24.3. The molecule has 0 saturated carbocycles. The number of carboxylic acids is 1. The molecule has 6 heteroatoms. The zero-order valence-corrected chi connectivity index (χ0v) is 12.6. The minimum absolute atomic E-state index is 0.216. The molecule has 3 N–H and O–H groups in total. The van der Waals surface area contributed by atoms with Crippen molar-refractivity contribution in [1.29, 1.82) is 0 Å². The van der Waals surface area contributed by atoms with Crippen molar-refractivity contribution in [3.8, 4) is 0 Å². The zero-order valence-electron chi connectivity index (χ0n) is 11.0. The highest BCUT2D eigenvalue weighted by molar-refractivity contribution is 9.10. The Labute approximate surface area is 125 Å². The van der Waals surface area contributed by atoms with E-state index in [0.29, 0.717) is 5.56 Å². The molecule has 1 aromatic carbocycles. The first kappa shape index (κ1) is 14.8. The number of rotatable bonds is 4. The average Bonchev–Trinajstić information content (AvgIpc) is 2.38. The summed E-state index contributed by atoms with van der Waals surface area (Å²) in [5.41, 5.74) is 6.73. The molecular formula is C14H17BrN2O3. The van der Waals surface area contributed by atoms with E-state index in [0.717, 1.165) is 36.1 Å². The maximum atomic E-state index is 11.5. The van der Waals surface area contributed by atoms with Gasteiger partial charge in [0.2, 0.25) is 0 Å². The van der Waals surface area contributed by atoms with Crippen LogP contribution in [0.25, 0.3) is 0 Å². The lowest BCUT2D eigenvalue weighted by Crippen LogP contribution is -2.35. The average molecular weight is 341 g/mol. The van der Waals surface area contributed by atoms with Crippen LogP contribution in [0.1, 0.15) is 29.6 Å². The number of carboxylic acid groups (broad SMARTS) is 1. The molecule has 2 rings (SSSR count). The van der Waals surface area contributed by atoms with Crippen molar-refractivity contribution in [2.75, 3.05) is 18.0 Å². The topological polar surface area (TPSA) is 83.6 Å². The van der Waals surface area contributed by atoms with Crippen LogP contribution in [-0.4, -0.2) is 30.1 Å². The third kappa shape index (κ3) is 3.50. The van der Waals surface area contributed by atoms with Crippen LogP contribution in [-0.2, 0) is 4.79 Å². The molecule has 0 spiro atoms. The molecule has 0 aliphatic carbocycles. The molecule has 0 atom stereocenters. The van der Waals surface area contributed by atoms with Gasteiger partial charge in [-0.25, -0.2) is 0 Å². The molecule has 0 radical (unpaired) electrons. The van der Waals surface area contributed by atoms with Crippen LogP contribution in [0.2, 0.25) is 0 Å². The lowest BCUT2D eigenvalue weighted by atomic mass is 9.93. The van der Waals surface area contributed by atoms with Gasteiger partial charge in [0.1, 0.15) is 0 Å². The third-order valence-corrected chi connectivity index (χ3v) is 4.14. The number of amides is 1. The van der Waals surface area contributed by atoms with Gasteiger partial charge in [-0.05, 0) is 37.0 Å². The van der Waals surface area contributed by atoms with E-state index >= 15 is 0 Å². The van der Waals surface area contributed by atoms with Crippen LogP contribution < -0.4 is 10.6 Å². The van der Waals surface area contributed by atoms with Gasteiger partial charge >= 0.3 is 5.97 Å². The van der Waals surface area contributed by atoms with E-state index < -0.39 is 11.9 Å². The Kier molecular flexibility index (Phi) is 4.65. The van der Waals surface area contributed by atoms with Crippen molar-refractivity contribution in [3.05, 3.63) is 28.2 Å². The van der Waals surface area contributed by atoms with Gasteiger partial charge in [-0.15, -0.1) is 0 Å². The fourth-order valence-corrected chi connectivity index (χ4v) is 2.95. The highest BCUT2D eigenvalue weighted by Crippen LogP contribution is 2.30. The largest absolute Gasteiger partial charge is 0.481 e. The summed E-state index contributed by atoms with van der Waals surface area (Å²) in [6.45, 7) is 1.49. The fourth-order valence-electron chi connectivity index (χ4n) is 2.60. The van der Waals surface area contributed by atoms with Crippen LogP contribution in [0.5, 0.6) is 0 Å². The second kappa shape index (κ2) is 6.26. The maximum Gasteiger partial charge on any atom is 0.303 e. The Morgan fingerprint density at radius 3 is 2.55 bits per heavy atom. The predicted octanol–water partition coefficient (Wildman–Crippen LogP) is 2.24. The number of piperidine rings is 1. The van der Waals surface area contributed by atoms with Gasteiger partial charge in [-0.2, -0.15) is 0 Å². The van der Waals surface area contributed by atoms with E-state index in [1.54, 1.807) is 12.1 Å². The van der Waals surface area contributed by atoms with Gasteiger partial charge in [-0.3, -0.25) is 9.59 Å². The number of aliphatic carboxylic acids is 1. The Bertz CT molecular complexity index is 525. The van der Waals surface area contributed by atoms with Crippen molar-refractivity contribution >= 4 is 33.5 Å². The van der Waals surface area contributed by atoms with Gasteiger partial charge in [0.15, 0.2) is 0 Å². The number of carbonyl (C=O) groups is 2. The second-order valence-corrected chi connectivity index (χ2v) is 5.97. The van der Waals surface area contributed by atoms with E-state index in [1.165, 1.54) is 0 Å². The number of hydrogen-bond acceptors (Lipinski definition) is 3. The Morgan fingerprint density at radius 1 is 1.35 bits per heavy atom. The Balaban J connectivity index is 2.12. The van der Waals surface area contributed by atoms with Gasteiger partial charge in [0.25, 0.3) is 5.91 Å². The second-order valence-electron chi connectivity index (χ2n) is 5.05. The summed E-state index contributed by atoms with van der Waals surface area (Å²) in [5, 5.41) is 8.82. The number of carbonyl (C=O) groups excluding carboxylic acids is 1. The molecule has 20 heavy (non-hydrogen) atoms. The zero-order chi connectivity index (χ0) is 14.7. The summed E-state index contributed by atoms with van der Waals surface area (Å²) in [6.07, 6.45) is 1.85. The molecule has 1 aliphatic rings. The van der Waals surface area contributed by atoms with E-state index in [4.69, 9.17) is 10.8 Å². The number of hydrogen-bond donors (Lipinski definition) is 2. The van der Waals surface area contributed by atoms with Crippen molar-refractivity contribution in [3.63, 3.8) is 0 Å². The molecule has 1 heterocycles. The summed E-state index contributed by atoms with van der Waals surface area (Å²) < 4.78 is 0.894. The summed E-state index contributed by atoms with van der Waals surface area (Å²) >= 11 is 3.40. The number of nitrogens with two attached hydrogens (primary N) is 1. The molecule has 5 nitrogen and oxygen atoms in total. The lowest BCUT2D eigenvalue weighted by Gasteiger charge is -2.34. The molecule has 108 valence electrons. The van der Waals surface area contributed by atoms with E-state index in [1.807, 2.05) is 6.07 Å². The van der Waals surface area contributed by atoms with Crippen LogP contribution >= 0.6 is 15.9 Å². The summed E-state index contributed by atoms with van der Waals surface area (Å²) in [5.74, 6) is -0.975. The highest BCUT2D eigenvalue weighted by atomic mass is 79.9. The van der Waals surface area contributed by atoms with Crippen LogP contribution in [0.3, 0.4) is 0 Å². The molecular weight excluding hydrogens is 324 g/mol. The molecule has 1 saturated heterocycles. The number of primary amides is 1. The van der Waals surface area contributed by atoms with Crippen molar-refractivity contribution < 1.29 is 14.7 Å². The van der Waals surface area contributed by atoms with Crippen molar-refractivity contribution in [2.45, 2.75) is 19.3 Å². The van der Waals surface area contributed by atoms with Gasteiger partial charge in [0, 0.05) is 24.0 Å². The quantitative estimate of drug-likeness (QED) is 0.880. The summed E-state index contributed by atoms with van der Waals surface area (Å²) in [6, 6.07) is 5.39. The minimum atomic E-state index is -0.747. The fraction of sp³-hybridized carbons (Fsp3) is 0.429. The molecule has 1 fully saturated rings. The first-order chi connectivity index (χ1) is 9.47. The predicted molar refractivity (Wildman–Crippen MR) is 79.8 cm³/mol. The Hall–Kier alpha value is -1.56. The van der Waals surface area contributed by atoms with Gasteiger partial charge in [-0.1, -0.05) is 15.9 Å². The first-order valence-electron chi connectivity index (χ1n) is 6.53. The molecule has 0 bridgehead atoms. The smallest absolute Gasteiger partial charge is 0.303 e. The van der Waals surface area contributed by atoms with Gasteiger partial charge in [0.05, 0.1) is 11.3 Å². The number of halogens is 1. The van der Waals surface area contributed by atoms with Crippen LogP contribution in [0.4, 0.5) is 5.69 Å². The normalized spacial score (nSPS) is 16.1. The molecule has 0 aromatic heterocycles. The van der Waals surface area contributed by atoms with Crippen LogP contribution in [0.15, 0.2) is 22.7 Å². The minimum Gasteiger partial charge on any atom is -0.481 e. The number of benzene rings is 1. The molecule has 0 unspecified atom stereocenters. The highest BCUT2D eigenvalue weighted by Gasteiger charge is 2.23. The monoisotopic (exact) mass is 340 g/mol. The lowest BCUT2D eigenvalue weighted by molar-refractivity contribution is -0.138. The van der Waals surface area contributed by atoms with E-state index in [9.17, 15) is 9.59 Å². The number of anilines is 1. The third-order valence-electron chi connectivity index (χ3n) is 3.64. The van der Waals surface area contributed by atoms with E-state index in [2.05, 4.69) is 20.8 Å². The van der Waals surface area contributed by atoms with Crippen molar-refractivity contribution in [1.82, 2.24) is 0 Å². The van der Waals surface area contributed by atoms with Crippen molar-refractivity contribution in [2.24, 2.45) is 11.7 Å². The molecule has 1 aromatic rings. The SMILES string of the molecule is NC(=O)c1ccc(Br)cc1N1CCC(CC(=O)O)CC1. The van der Waals surface area contributed by atoms with Gasteiger partial charge < -0.3 is 15.7 Å². The molecule has 1 amide bonds. The van der Waals surface area contributed by atoms with E-state index in [-0.39, 0.29) is 12.3 Å².